The molecule has 1 amide bonds. The number of carbonyl (C=O) groups excluding carboxylic acids is 1. The smallest absolute Gasteiger partial charge is 0.243 e. The number of sulfonamides is 1. The third kappa shape index (κ3) is 5.26. The molecule has 1 fully saturated rings. The van der Waals surface area contributed by atoms with Crippen LogP contribution in [0.3, 0.4) is 0 Å². The standard InChI is InChI=1S/C23H28FN5O4S/c1-33-13-5-11-28-21-10-9-19(15-20(21)26-27-28)34(31,32)29-12-3-2-8-22(29)23(30)25-16-17-6-4-7-18(24)14-17/h4,6-7,9-10,14-15,22H,2-3,5,8,11-13,16H2,1H3,(H,25,30)/t22-/m1/s1. The molecule has 1 N–H and O–H groups in total. The SMILES string of the molecule is COCCCn1nnc2cc(S(=O)(=O)N3CCCC[C@@H]3C(=O)NCc3cccc(F)c3)ccc21. The average molecular weight is 490 g/mol. The Morgan fingerprint density at radius 1 is 1.24 bits per heavy atom. The number of aromatic nitrogens is 3. The van der Waals surface area contributed by atoms with Crippen LogP contribution in [0.5, 0.6) is 0 Å². The molecule has 1 saturated heterocycles. The van der Waals surface area contributed by atoms with E-state index < -0.39 is 22.0 Å². The van der Waals surface area contributed by atoms with Gasteiger partial charge in [-0.15, -0.1) is 5.10 Å². The van der Waals surface area contributed by atoms with Gasteiger partial charge < -0.3 is 10.1 Å². The fraction of sp³-hybridized carbons (Fsp3) is 0.435. The van der Waals surface area contributed by atoms with Crippen molar-refractivity contribution >= 4 is 27.0 Å². The van der Waals surface area contributed by atoms with Crippen molar-refractivity contribution in [3.05, 3.63) is 53.8 Å². The van der Waals surface area contributed by atoms with Gasteiger partial charge in [-0.1, -0.05) is 23.8 Å². The van der Waals surface area contributed by atoms with Crippen LogP contribution < -0.4 is 5.32 Å². The molecule has 2 heterocycles. The molecule has 3 aromatic rings. The van der Waals surface area contributed by atoms with Crippen LogP contribution in [0.25, 0.3) is 11.0 Å². The summed E-state index contributed by atoms with van der Waals surface area (Å²) in [5.41, 5.74) is 1.82. The van der Waals surface area contributed by atoms with Crippen molar-refractivity contribution in [3.63, 3.8) is 0 Å². The molecule has 4 rings (SSSR count). The second kappa shape index (κ2) is 10.6. The zero-order valence-electron chi connectivity index (χ0n) is 19.0. The van der Waals surface area contributed by atoms with Gasteiger partial charge in [0.15, 0.2) is 0 Å². The minimum Gasteiger partial charge on any atom is -0.385 e. The van der Waals surface area contributed by atoms with E-state index in [1.165, 1.54) is 28.6 Å². The third-order valence-corrected chi connectivity index (χ3v) is 7.83. The molecule has 1 aromatic heterocycles. The Kier molecular flexibility index (Phi) is 7.54. The van der Waals surface area contributed by atoms with Crippen molar-refractivity contribution in [1.29, 1.82) is 0 Å². The second-order valence-corrected chi connectivity index (χ2v) is 10.2. The Morgan fingerprint density at radius 2 is 2.09 bits per heavy atom. The van der Waals surface area contributed by atoms with Gasteiger partial charge in [-0.2, -0.15) is 4.31 Å². The number of fused-ring (bicyclic) bond motifs is 1. The summed E-state index contributed by atoms with van der Waals surface area (Å²) in [6, 6.07) is 9.84. The first-order chi connectivity index (χ1) is 16.4. The summed E-state index contributed by atoms with van der Waals surface area (Å²) in [5.74, 6) is -0.780. The van der Waals surface area contributed by atoms with E-state index in [1.54, 1.807) is 30.0 Å². The topological polar surface area (TPSA) is 106 Å². The summed E-state index contributed by atoms with van der Waals surface area (Å²) >= 11 is 0. The maximum atomic E-state index is 13.5. The minimum atomic E-state index is -3.93. The van der Waals surface area contributed by atoms with Crippen LogP contribution in [0.4, 0.5) is 4.39 Å². The predicted molar refractivity (Wildman–Crippen MR) is 124 cm³/mol. The molecule has 0 spiro atoms. The molecule has 11 heteroatoms. The molecule has 1 aliphatic rings. The Morgan fingerprint density at radius 3 is 2.88 bits per heavy atom. The number of aryl methyl sites for hydroxylation is 1. The number of ether oxygens (including phenoxy) is 1. The fourth-order valence-corrected chi connectivity index (χ4v) is 5.86. The monoisotopic (exact) mass is 489 g/mol. The van der Waals surface area contributed by atoms with Crippen LogP contribution in [0, 0.1) is 5.82 Å². The molecule has 0 radical (unpaired) electrons. The van der Waals surface area contributed by atoms with Crippen LogP contribution in [0.2, 0.25) is 0 Å². The minimum absolute atomic E-state index is 0.0776. The number of hydrogen-bond donors (Lipinski definition) is 1. The lowest BCUT2D eigenvalue weighted by molar-refractivity contribution is -0.125. The van der Waals surface area contributed by atoms with Gasteiger partial charge in [-0.25, -0.2) is 17.5 Å². The van der Waals surface area contributed by atoms with E-state index in [4.69, 9.17) is 4.74 Å². The summed E-state index contributed by atoms with van der Waals surface area (Å²) in [5, 5.41) is 11.0. The predicted octanol–water partition coefficient (Wildman–Crippen LogP) is 2.47. The van der Waals surface area contributed by atoms with Crippen LogP contribution >= 0.6 is 0 Å². The Balaban J connectivity index is 1.52. The number of rotatable bonds is 9. The van der Waals surface area contributed by atoms with Crippen LogP contribution in [0.15, 0.2) is 47.4 Å². The van der Waals surface area contributed by atoms with E-state index in [0.717, 1.165) is 18.4 Å². The number of piperidine rings is 1. The first-order valence-corrected chi connectivity index (χ1v) is 12.7. The maximum Gasteiger partial charge on any atom is 0.243 e. The molecule has 1 aliphatic heterocycles. The number of benzene rings is 2. The highest BCUT2D eigenvalue weighted by molar-refractivity contribution is 7.89. The largest absolute Gasteiger partial charge is 0.385 e. The number of halogens is 1. The van der Waals surface area contributed by atoms with E-state index in [2.05, 4.69) is 15.6 Å². The van der Waals surface area contributed by atoms with Gasteiger partial charge in [0.1, 0.15) is 17.4 Å². The Bertz CT molecular complexity index is 1260. The molecule has 0 saturated carbocycles. The van der Waals surface area contributed by atoms with Gasteiger partial charge in [0.25, 0.3) is 0 Å². The van der Waals surface area contributed by atoms with Gasteiger partial charge in [0, 0.05) is 33.4 Å². The molecule has 0 aliphatic carbocycles. The quantitative estimate of drug-likeness (QED) is 0.463. The van der Waals surface area contributed by atoms with E-state index >= 15 is 0 Å². The van der Waals surface area contributed by atoms with Crippen molar-refractivity contribution in [2.75, 3.05) is 20.3 Å². The van der Waals surface area contributed by atoms with Gasteiger partial charge in [0.05, 0.1) is 10.4 Å². The van der Waals surface area contributed by atoms with Crippen molar-refractivity contribution < 1.29 is 22.3 Å². The number of amides is 1. The van der Waals surface area contributed by atoms with Crippen molar-refractivity contribution in [3.8, 4) is 0 Å². The number of methoxy groups -OCH3 is 1. The zero-order chi connectivity index (χ0) is 24.1. The highest BCUT2D eigenvalue weighted by atomic mass is 32.2. The second-order valence-electron chi connectivity index (χ2n) is 8.28. The normalized spacial score (nSPS) is 17.2. The molecular formula is C23H28FN5O4S. The number of carbonyl (C=O) groups is 1. The first kappa shape index (κ1) is 24.2. The van der Waals surface area contributed by atoms with Gasteiger partial charge in [-0.05, 0) is 55.2 Å². The lowest BCUT2D eigenvalue weighted by Gasteiger charge is -2.33. The van der Waals surface area contributed by atoms with Crippen molar-refractivity contribution in [2.45, 2.75) is 49.7 Å². The molecule has 34 heavy (non-hydrogen) atoms. The summed E-state index contributed by atoms with van der Waals surface area (Å²) in [4.78, 5) is 13.0. The zero-order valence-corrected chi connectivity index (χ0v) is 19.8. The maximum absolute atomic E-state index is 13.5. The summed E-state index contributed by atoms with van der Waals surface area (Å²) in [7, 11) is -2.30. The highest BCUT2D eigenvalue weighted by Crippen LogP contribution is 2.27. The van der Waals surface area contributed by atoms with Gasteiger partial charge in [-0.3, -0.25) is 4.79 Å². The van der Waals surface area contributed by atoms with Crippen molar-refractivity contribution in [2.24, 2.45) is 0 Å². The molecule has 182 valence electrons. The van der Waals surface area contributed by atoms with E-state index in [0.29, 0.717) is 37.1 Å². The van der Waals surface area contributed by atoms with Gasteiger partial charge >= 0.3 is 0 Å². The van der Waals surface area contributed by atoms with Crippen molar-refractivity contribution in [1.82, 2.24) is 24.6 Å². The molecule has 0 unspecified atom stereocenters. The van der Waals surface area contributed by atoms with E-state index in [-0.39, 0.29) is 23.8 Å². The van der Waals surface area contributed by atoms with Gasteiger partial charge in [0.2, 0.25) is 15.9 Å². The lowest BCUT2D eigenvalue weighted by Crippen LogP contribution is -2.51. The van der Waals surface area contributed by atoms with E-state index in [9.17, 15) is 17.6 Å². The van der Waals surface area contributed by atoms with Crippen LogP contribution in [0.1, 0.15) is 31.2 Å². The molecule has 2 aromatic carbocycles. The molecular weight excluding hydrogens is 461 g/mol. The van der Waals surface area contributed by atoms with Crippen LogP contribution in [-0.4, -0.2) is 59.9 Å². The number of nitrogens with zero attached hydrogens (tertiary/aromatic N) is 4. The summed E-state index contributed by atoms with van der Waals surface area (Å²) < 4.78 is 48.5. The summed E-state index contributed by atoms with van der Waals surface area (Å²) in [6.45, 7) is 1.57. The molecule has 9 nitrogen and oxygen atoms in total. The summed E-state index contributed by atoms with van der Waals surface area (Å²) in [6.07, 6.45) is 2.60. The Labute approximate surface area is 197 Å². The third-order valence-electron chi connectivity index (χ3n) is 5.92. The number of hydrogen-bond acceptors (Lipinski definition) is 6. The number of nitrogens with one attached hydrogen (secondary N) is 1. The van der Waals surface area contributed by atoms with E-state index in [1.807, 2.05) is 0 Å². The molecule has 1 atom stereocenters. The average Bonchev–Trinajstić information content (AvgIpc) is 3.25. The highest BCUT2D eigenvalue weighted by Gasteiger charge is 2.37. The molecule has 0 bridgehead atoms. The lowest BCUT2D eigenvalue weighted by atomic mass is 10.0. The Hall–Kier alpha value is -2.89. The van der Waals surface area contributed by atoms with Crippen LogP contribution in [-0.2, 0) is 32.6 Å². The first-order valence-electron chi connectivity index (χ1n) is 11.3. The fourth-order valence-electron chi connectivity index (χ4n) is 4.18.